The van der Waals surface area contributed by atoms with Crippen LogP contribution in [0, 0.1) is 0 Å². The van der Waals surface area contributed by atoms with Gasteiger partial charge in [0.1, 0.15) is 5.82 Å². The molecule has 2 heterocycles. The summed E-state index contributed by atoms with van der Waals surface area (Å²) in [5, 5.41) is 5.55. The zero-order valence-corrected chi connectivity index (χ0v) is 16.9. The van der Waals surface area contributed by atoms with Crippen LogP contribution in [0.5, 0.6) is 11.5 Å². The summed E-state index contributed by atoms with van der Waals surface area (Å²) in [5.41, 5.74) is 1.66. The Kier molecular flexibility index (Phi) is 7.64. The predicted molar refractivity (Wildman–Crippen MR) is 109 cm³/mol. The maximum Gasteiger partial charge on any atom is 0.387 e. The van der Waals surface area contributed by atoms with E-state index >= 15 is 0 Å². The molecule has 2 aromatic rings. The number of halogens is 2. The van der Waals surface area contributed by atoms with Crippen LogP contribution in [0.1, 0.15) is 30.4 Å². The van der Waals surface area contributed by atoms with Crippen LogP contribution in [0.3, 0.4) is 0 Å². The zero-order valence-electron chi connectivity index (χ0n) is 16.9. The molecule has 0 atom stereocenters. The van der Waals surface area contributed by atoms with E-state index < -0.39 is 6.61 Å². The van der Waals surface area contributed by atoms with Gasteiger partial charge in [0.2, 0.25) is 0 Å². The summed E-state index contributed by atoms with van der Waals surface area (Å²) in [4.78, 5) is 18.8. The molecule has 2 amide bonds. The summed E-state index contributed by atoms with van der Waals surface area (Å²) < 4.78 is 34.2. The van der Waals surface area contributed by atoms with Gasteiger partial charge in [-0.05, 0) is 54.7 Å². The first-order valence-electron chi connectivity index (χ1n) is 9.88. The Hall–Kier alpha value is -3.10. The van der Waals surface area contributed by atoms with Gasteiger partial charge >= 0.3 is 12.6 Å². The van der Waals surface area contributed by atoms with E-state index in [0.29, 0.717) is 12.1 Å². The molecule has 0 spiro atoms. The van der Waals surface area contributed by atoms with Crippen LogP contribution in [-0.4, -0.2) is 37.8 Å². The maximum absolute atomic E-state index is 12.4. The molecular formula is C21H26F2N4O3. The van der Waals surface area contributed by atoms with Crippen LogP contribution in [0.4, 0.5) is 19.4 Å². The van der Waals surface area contributed by atoms with Crippen molar-refractivity contribution in [1.82, 2.24) is 15.6 Å². The van der Waals surface area contributed by atoms with E-state index in [1.807, 2.05) is 12.1 Å². The Labute approximate surface area is 174 Å². The lowest BCUT2D eigenvalue weighted by Gasteiger charge is -2.27. The van der Waals surface area contributed by atoms with Gasteiger partial charge in [-0.1, -0.05) is 6.07 Å². The van der Waals surface area contributed by atoms with Crippen molar-refractivity contribution in [2.24, 2.45) is 0 Å². The number of aromatic nitrogens is 1. The van der Waals surface area contributed by atoms with Crippen molar-refractivity contribution in [1.29, 1.82) is 0 Å². The van der Waals surface area contributed by atoms with Crippen LogP contribution < -0.4 is 25.0 Å². The van der Waals surface area contributed by atoms with E-state index in [4.69, 9.17) is 4.74 Å². The molecular weight excluding hydrogens is 394 g/mol. The fourth-order valence-electron chi connectivity index (χ4n) is 3.31. The van der Waals surface area contributed by atoms with Gasteiger partial charge in [-0.2, -0.15) is 8.78 Å². The second-order valence-electron chi connectivity index (χ2n) is 6.97. The monoisotopic (exact) mass is 420 g/mol. The largest absolute Gasteiger partial charge is 0.493 e. The van der Waals surface area contributed by atoms with Gasteiger partial charge in [-0.25, -0.2) is 9.78 Å². The number of hydrogen-bond donors (Lipinski definition) is 2. The fraction of sp³-hybridized carbons (Fsp3) is 0.429. The molecule has 9 heteroatoms. The normalized spacial score (nSPS) is 13.8. The van der Waals surface area contributed by atoms with Crippen LogP contribution in [-0.2, 0) is 13.1 Å². The third kappa shape index (κ3) is 6.20. The number of rotatable bonds is 8. The van der Waals surface area contributed by atoms with Gasteiger partial charge in [-0.15, -0.1) is 0 Å². The number of carbonyl (C=O) groups excluding carboxylic acids is 1. The summed E-state index contributed by atoms with van der Waals surface area (Å²) in [5.74, 6) is 1.06. The number of ether oxygens (including phenoxy) is 2. The Morgan fingerprint density at radius 3 is 2.43 bits per heavy atom. The lowest BCUT2D eigenvalue weighted by atomic mass is 10.1. The minimum Gasteiger partial charge on any atom is -0.493 e. The number of anilines is 1. The number of methoxy groups -OCH3 is 1. The second-order valence-corrected chi connectivity index (χ2v) is 6.97. The van der Waals surface area contributed by atoms with E-state index in [1.165, 1.54) is 32.4 Å². The summed E-state index contributed by atoms with van der Waals surface area (Å²) in [6.45, 7) is -0.326. The van der Waals surface area contributed by atoms with Crippen molar-refractivity contribution >= 4 is 11.8 Å². The Balaban J connectivity index is 1.49. The Morgan fingerprint density at radius 1 is 1.07 bits per heavy atom. The highest BCUT2D eigenvalue weighted by Crippen LogP contribution is 2.29. The molecule has 1 aromatic heterocycles. The molecule has 1 aliphatic rings. The number of nitrogens with zero attached hydrogens (tertiary/aromatic N) is 2. The summed E-state index contributed by atoms with van der Waals surface area (Å²) in [7, 11) is 1.37. The minimum atomic E-state index is -2.93. The summed E-state index contributed by atoms with van der Waals surface area (Å²) >= 11 is 0. The first-order valence-corrected chi connectivity index (χ1v) is 9.88. The van der Waals surface area contributed by atoms with Crippen molar-refractivity contribution in [3.63, 3.8) is 0 Å². The topological polar surface area (TPSA) is 75.7 Å². The van der Waals surface area contributed by atoms with E-state index in [2.05, 4.69) is 25.3 Å². The van der Waals surface area contributed by atoms with Crippen LogP contribution >= 0.6 is 0 Å². The number of pyridine rings is 1. The van der Waals surface area contributed by atoms with Gasteiger partial charge < -0.3 is 25.0 Å². The maximum atomic E-state index is 12.4. The highest BCUT2D eigenvalue weighted by Gasteiger charge is 2.13. The summed E-state index contributed by atoms with van der Waals surface area (Å²) in [6, 6.07) is 8.07. The number of benzene rings is 1. The molecule has 1 saturated heterocycles. The molecule has 0 saturated carbocycles. The molecule has 1 aliphatic heterocycles. The fourth-order valence-corrected chi connectivity index (χ4v) is 3.31. The number of alkyl halides is 2. The average molecular weight is 420 g/mol. The third-order valence-corrected chi connectivity index (χ3v) is 4.84. The third-order valence-electron chi connectivity index (χ3n) is 4.84. The molecule has 7 nitrogen and oxygen atoms in total. The zero-order chi connectivity index (χ0) is 21.3. The van der Waals surface area contributed by atoms with Crippen LogP contribution in [0.2, 0.25) is 0 Å². The molecule has 0 radical (unpaired) electrons. The standard InChI is InChI=1S/C21H26F2N4O3/c1-29-18-11-15(5-6-17(18)30-20(22)23)13-25-21(28)26-14-16-7-8-24-19(12-16)27-9-3-2-4-10-27/h5-8,11-12,20H,2-4,9-10,13-14H2,1H3,(H2,25,26,28). The highest BCUT2D eigenvalue weighted by molar-refractivity contribution is 5.73. The molecule has 2 N–H and O–H groups in total. The average Bonchev–Trinajstić information content (AvgIpc) is 2.77. The summed E-state index contributed by atoms with van der Waals surface area (Å²) in [6.07, 6.45) is 5.36. The highest BCUT2D eigenvalue weighted by atomic mass is 19.3. The van der Waals surface area contributed by atoms with Crippen LogP contribution in [0.15, 0.2) is 36.5 Å². The van der Waals surface area contributed by atoms with Crippen molar-refractivity contribution in [3.05, 3.63) is 47.7 Å². The molecule has 1 aromatic carbocycles. The van der Waals surface area contributed by atoms with E-state index in [0.717, 1.165) is 24.5 Å². The van der Waals surface area contributed by atoms with Gasteiger partial charge in [0, 0.05) is 32.4 Å². The SMILES string of the molecule is COc1cc(CNC(=O)NCc2ccnc(N3CCCCC3)c2)ccc1OC(F)F. The number of piperidine rings is 1. The molecule has 1 fully saturated rings. The Bertz CT molecular complexity index is 845. The quantitative estimate of drug-likeness (QED) is 0.681. The van der Waals surface area contributed by atoms with Crippen molar-refractivity contribution in [2.45, 2.75) is 39.0 Å². The minimum absolute atomic E-state index is 0.0529. The number of urea groups is 1. The van der Waals surface area contributed by atoms with Crippen molar-refractivity contribution in [2.75, 3.05) is 25.1 Å². The van der Waals surface area contributed by atoms with Gasteiger partial charge in [0.05, 0.1) is 7.11 Å². The first kappa shape index (κ1) is 21.6. The molecule has 162 valence electrons. The molecule has 0 unspecified atom stereocenters. The number of hydrogen-bond acceptors (Lipinski definition) is 5. The van der Waals surface area contributed by atoms with E-state index in [-0.39, 0.29) is 24.1 Å². The van der Waals surface area contributed by atoms with Gasteiger partial charge in [-0.3, -0.25) is 0 Å². The van der Waals surface area contributed by atoms with Crippen LogP contribution in [0.25, 0.3) is 0 Å². The van der Waals surface area contributed by atoms with E-state index in [1.54, 1.807) is 18.3 Å². The van der Waals surface area contributed by atoms with Crippen molar-refractivity contribution < 1.29 is 23.0 Å². The van der Waals surface area contributed by atoms with Gasteiger partial charge in [0.25, 0.3) is 0 Å². The number of carbonyl (C=O) groups is 1. The number of amides is 2. The lowest BCUT2D eigenvalue weighted by molar-refractivity contribution is -0.0512. The van der Waals surface area contributed by atoms with Gasteiger partial charge in [0.15, 0.2) is 11.5 Å². The Morgan fingerprint density at radius 2 is 1.77 bits per heavy atom. The predicted octanol–water partition coefficient (Wildman–Crippen LogP) is 3.68. The molecule has 0 aliphatic carbocycles. The smallest absolute Gasteiger partial charge is 0.387 e. The van der Waals surface area contributed by atoms with E-state index in [9.17, 15) is 13.6 Å². The first-order chi connectivity index (χ1) is 14.5. The molecule has 30 heavy (non-hydrogen) atoms. The van der Waals surface area contributed by atoms with Crippen molar-refractivity contribution in [3.8, 4) is 11.5 Å². The lowest BCUT2D eigenvalue weighted by Crippen LogP contribution is -2.34. The molecule has 0 bridgehead atoms. The second kappa shape index (κ2) is 10.6. The molecule has 3 rings (SSSR count). The number of nitrogens with one attached hydrogen (secondary N) is 2.